The molecular weight excluding hydrogens is 323 g/mol. The molecule has 1 aromatic carbocycles. The van der Waals surface area contributed by atoms with Crippen molar-refractivity contribution in [2.45, 2.75) is 6.54 Å². The van der Waals surface area contributed by atoms with E-state index in [9.17, 15) is 13.2 Å². The fourth-order valence-electron chi connectivity index (χ4n) is 2.65. The predicted molar refractivity (Wildman–Crippen MR) is 82.4 cm³/mol. The van der Waals surface area contributed by atoms with Crippen LogP contribution in [0.4, 0.5) is 24.8 Å². The number of hydrogen-bond acceptors (Lipinski definition) is 6. The highest BCUT2D eigenvalue weighted by atomic mass is 19.1. The van der Waals surface area contributed by atoms with E-state index >= 15 is 0 Å². The average Bonchev–Trinajstić information content (AvgIpc) is 2.97. The molecule has 0 N–H and O–H groups in total. The molecular formula is C15H18F3N5O. The van der Waals surface area contributed by atoms with Crippen molar-refractivity contribution in [1.82, 2.24) is 15.0 Å². The zero-order chi connectivity index (χ0) is 17.3. The molecule has 0 atom stereocenters. The first-order valence-corrected chi connectivity index (χ1v) is 7.56. The third-order valence-corrected chi connectivity index (χ3v) is 3.89. The number of aromatic nitrogens is 2. The van der Waals surface area contributed by atoms with Crippen molar-refractivity contribution in [2.75, 3.05) is 50.1 Å². The SMILES string of the molecule is CN(C)c1noc(CN2CCN(c3c(F)cc(F)cc3F)CC2)n1. The van der Waals surface area contributed by atoms with Gasteiger partial charge in [0.15, 0.2) is 11.6 Å². The Labute approximate surface area is 137 Å². The summed E-state index contributed by atoms with van der Waals surface area (Å²) in [5.74, 6) is -1.69. The topological polar surface area (TPSA) is 48.6 Å². The van der Waals surface area contributed by atoms with Crippen LogP contribution in [-0.4, -0.2) is 55.3 Å². The first-order valence-electron chi connectivity index (χ1n) is 7.56. The van der Waals surface area contributed by atoms with Crippen LogP contribution in [0.5, 0.6) is 0 Å². The Morgan fingerprint density at radius 1 is 1.08 bits per heavy atom. The van der Waals surface area contributed by atoms with Gasteiger partial charge in [-0.1, -0.05) is 0 Å². The third kappa shape index (κ3) is 3.45. The molecule has 2 heterocycles. The summed E-state index contributed by atoms with van der Waals surface area (Å²) >= 11 is 0. The third-order valence-electron chi connectivity index (χ3n) is 3.89. The van der Waals surface area contributed by atoms with E-state index in [1.54, 1.807) is 9.80 Å². The molecule has 0 bridgehead atoms. The number of hydrogen-bond donors (Lipinski definition) is 0. The molecule has 2 aromatic rings. The van der Waals surface area contributed by atoms with Crippen LogP contribution >= 0.6 is 0 Å². The molecule has 0 saturated carbocycles. The summed E-state index contributed by atoms with van der Waals surface area (Å²) in [6, 6.07) is 1.40. The van der Waals surface area contributed by atoms with E-state index in [2.05, 4.69) is 15.0 Å². The summed E-state index contributed by atoms with van der Waals surface area (Å²) in [5, 5.41) is 3.84. The maximum absolute atomic E-state index is 13.8. The van der Waals surface area contributed by atoms with Crippen LogP contribution in [0.3, 0.4) is 0 Å². The lowest BCUT2D eigenvalue weighted by Gasteiger charge is -2.35. The van der Waals surface area contributed by atoms with Crippen molar-refractivity contribution < 1.29 is 17.7 Å². The molecule has 1 aliphatic rings. The Morgan fingerprint density at radius 2 is 1.71 bits per heavy atom. The van der Waals surface area contributed by atoms with E-state index in [0.29, 0.717) is 56.7 Å². The number of anilines is 2. The van der Waals surface area contributed by atoms with Gasteiger partial charge in [-0.3, -0.25) is 4.90 Å². The van der Waals surface area contributed by atoms with Crippen LogP contribution in [0.25, 0.3) is 0 Å². The maximum Gasteiger partial charge on any atom is 0.265 e. The van der Waals surface area contributed by atoms with Crippen LogP contribution in [0.1, 0.15) is 5.89 Å². The monoisotopic (exact) mass is 341 g/mol. The van der Waals surface area contributed by atoms with Crippen molar-refractivity contribution in [3.63, 3.8) is 0 Å². The molecule has 0 unspecified atom stereocenters. The molecule has 130 valence electrons. The van der Waals surface area contributed by atoms with Crippen molar-refractivity contribution in [3.8, 4) is 0 Å². The summed E-state index contributed by atoms with van der Waals surface area (Å²) < 4.78 is 45.9. The second kappa shape index (κ2) is 6.68. The number of nitrogens with zero attached hydrogens (tertiary/aromatic N) is 5. The van der Waals surface area contributed by atoms with Crippen molar-refractivity contribution in [2.24, 2.45) is 0 Å². The van der Waals surface area contributed by atoms with E-state index in [1.165, 1.54) is 0 Å². The fraction of sp³-hybridized carbons (Fsp3) is 0.467. The van der Waals surface area contributed by atoms with Crippen molar-refractivity contribution >= 4 is 11.6 Å². The van der Waals surface area contributed by atoms with Gasteiger partial charge in [0.25, 0.3) is 5.95 Å². The van der Waals surface area contributed by atoms with E-state index < -0.39 is 17.5 Å². The van der Waals surface area contributed by atoms with Gasteiger partial charge < -0.3 is 14.3 Å². The molecule has 9 heteroatoms. The highest BCUT2D eigenvalue weighted by Crippen LogP contribution is 2.26. The standard InChI is InChI=1S/C15H18F3N5O/c1-21(2)15-19-13(24-20-15)9-22-3-5-23(6-4-22)14-11(17)7-10(16)8-12(14)18/h7-8H,3-6,9H2,1-2H3. The zero-order valence-corrected chi connectivity index (χ0v) is 13.5. The second-order valence-electron chi connectivity index (χ2n) is 5.86. The summed E-state index contributed by atoms with van der Waals surface area (Å²) in [4.78, 5) is 9.63. The van der Waals surface area contributed by atoms with Gasteiger partial charge in [-0.05, 0) is 5.16 Å². The molecule has 3 rings (SSSR count). The molecule has 0 aliphatic carbocycles. The lowest BCUT2D eigenvalue weighted by Crippen LogP contribution is -2.46. The Bertz CT molecular complexity index is 690. The highest BCUT2D eigenvalue weighted by Gasteiger charge is 2.24. The van der Waals surface area contributed by atoms with Gasteiger partial charge in [-0.25, -0.2) is 13.2 Å². The molecule has 1 saturated heterocycles. The first kappa shape index (κ1) is 16.6. The van der Waals surface area contributed by atoms with E-state index in [4.69, 9.17) is 4.52 Å². The molecule has 6 nitrogen and oxygen atoms in total. The summed E-state index contributed by atoms with van der Waals surface area (Å²) in [6.07, 6.45) is 0. The Hall–Kier alpha value is -2.29. The fourth-order valence-corrected chi connectivity index (χ4v) is 2.65. The van der Waals surface area contributed by atoms with E-state index in [1.807, 2.05) is 14.1 Å². The summed E-state index contributed by atoms with van der Waals surface area (Å²) in [7, 11) is 3.64. The molecule has 1 fully saturated rings. The molecule has 0 amide bonds. The van der Waals surface area contributed by atoms with Gasteiger partial charge in [-0.15, -0.1) is 0 Å². The van der Waals surface area contributed by atoms with E-state index in [-0.39, 0.29) is 5.69 Å². The van der Waals surface area contributed by atoms with Crippen LogP contribution in [0.15, 0.2) is 16.7 Å². The van der Waals surface area contributed by atoms with Crippen molar-refractivity contribution in [1.29, 1.82) is 0 Å². The molecule has 0 spiro atoms. The molecule has 1 aromatic heterocycles. The van der Waals surface area contributed by atoms with E-state index in [0.717, 1.165) is 0 Å². The van der Waals surface area contributed by atoms with Gasteiger partial charge >= 0.3 is 0 Å². The quantitative estimate of drug-likeness (QED) is 0.846. The Morgan fingerprint density at radius 3 is 2.25 bits per heavy atom. The smallest absolute Gasteiger partial charge is 0.265 e. The second-order valence-corrected chi connectivity index (χ2v) is 5.86. The van der Waals surface area contributed by atoms with Crippen LogP contribution in [0, 0.1) is 17.5 Å². The largest absolute Gasteiger partial charge is 0.364 e. The minimum atomic E-state index is -0.916. The average molecular weight is 341 g/mol. The minimum Gasteiger partial charge on any atom is -0.364 e. The highest BCUT2D eigenvalue weighted by molar-refractivity contribution is 5.49. The van der Waals surface area contributed by atoms with Gasteiger partial charge in [-0.2, -0.15) is 4.98 Å². The Kier molecular flexibility index (Phi) is 4.61. The van der Waals surface area contributed by atoms with Crippen LogP contribution in [-0.2, 0) is 6.54 Å². The molecule has 0 radical (unpaired) electrons. The minimum absolute atomic E-state index is 0.177. The van der Waals surface area contributed by atoms with Crippen molar-refractivity contribution in [3.05, 3.63) is 35.5 Å². The summed E-state index contributed by atoms with van der Waals surface area (Å²) in [5.41, 5.74) is -0.177. The molecule has 24 heavy (non-hydrogen) atoms. The first-order chi connectivity index (χ1) is 11.4. The van der Waals surface area contributed by atoms with Gasteiger partial charge in [0.2, 0.25) is 5.89 Å². The normalized spacial score (nSPS) is 15.8. The number of halogens is 3. The maximum atomic E-state index is 13.8. The summed E-state index contributed by atoms with van der Waals surface area (Å²) in [6.45, 7) is 2.48. The lowest BCUT2D eigenvalue weighted by atomic mass is 10.2. The number of benzene rings is 1. The lowest BCUT2D eigenvalue weighted by molar-refractivity contribution is 0.214. The van der Waals surface area contributed by atoms with Gasteiger partial charge in [0.1, 0.15) is 11.5 Å². The van der Waals surface area contributed by atoms with Crippen LogP contribution < -0.4 is 9.80 Å². The van der Waals surface area contributed by atoms with Crippen LogP contribution in [0.2, 0.25) is 0 Å². The Balaban J connectivity index is 1.61. The van der Waals surface area contributed by atoms with Gasteiger partial charge in [0.05, 0.1) is 6.54 Å². The predicted octanol–water partition coefficient (Wildman–Crippen LogP) is 1.88. The number of piperazine rings is 1. The molecule has 1 aliphatic heterocycles. The van der Waals surface area contributed by atoms with Gasteiger partial charge in [0, 0.05) is 52.4 Å². The zero-order valence-electron chi connectivity index (χ0n) is 13.5. The number of rotatable bonds is 4.